The maximum atomic E-state index is 5.24. The van der Waals surface area contributed by atoms with Crippen molar-refractivity contribution in [1.29, 1.82) is 0 Å². The molecular formula is C17H28N2O. The van der Waals surface area contributed by atoms with Crippen LogP contribution in [0.1, 0.15) is 31.7 Å². The minimum Gasteiger partial charge on any atom is -0.384 e. The summed E-state index contributed by atoms with van der Waals surface area (Å²) < 4.78 is 5.24. The molecule has 1 N–H and O–H groups in total. The van der Waals surface area contributed by atoms with Crippen molar-refractivity contribution in [3.63, 3.8) is 0 Å². The van der Waals surface area contributed by atoms with Crippen molar-refractivity contribution >= 4 is 5.69 Å². The summed E-state index contributed by atoms with van der Waals surface area (Å²) in [4.78, 5) is 2.56. The highest BCUT2D eigenvalue weighted by molar-refractivity contribution is 5.54. The third-order valence-corrected chi connectivity index (χ3v) is 4.02. The number of benzene rings is 1. The second kappa shape index (κ2) is 8.28. The minimum absolute atomic E-state index is 0.623. The lowest BCUT2D eigenvalue weighted by Crippen LogP contribution is -2.38. The Morgan fingerprint density at radius 3 is 3.00 bits per heavy atom. The van der Waals surface area contributed by atoms with Gasteiger partial charge in [0, 0.05) is 31.9 Å². The van der Waals surface area contributed by atoms with Crippen molar-refractivity contribution in [2.75, 3.05) is 38.3 Å². The third kappa shape index (κ3) is 4.22. The van der Waals surface area contributed by atoms with E-state index in [-0.39, 0.29) is 0 Å². The van der Waals surface area contributed by atoms with Crippen LogP contribution in [0.2, 0.25) is 0 Å². The highest BCUT2D eigenvalue weighted by atomic mass is 16.5. The van der Waals surface area contributed by atoms with E-state index in [0.29, 0.717) is 6.04 Å². The van der Waals surface area contributed by atoms with E-state index < -0.39 is 0 Å². The van der Waals surface area contributed by atoms with E-state index in [4.69, 9.17) is 4.74 Å². The normalized spacial score (nSPS) is 19.9. The Morgan fingerprint density at radius 1 is 1.35 bits per heavy atom. The van der Waals surface area contributed by atoms with Gasteiger partial charge in [0.25, 0.3) is 0 Å². The molecule has 1 aliphatic heterocycles. The molecule has 1 unspecified atom stereocenters. The van der Waals surface area contributed by atoms with Crippen molar-refractivity contribution in [2.45, 2.75) is 38.6 Å². The zero-order chi connectivity index (χ0) is 14.2. The molecule has 3 nitrogen and oxygen atoms in total. The summed E-state index contributed by atoms with van der Waals surface area (Å²) >= 11 is 0. The first kappa shape index (κ1) is 15.3. The lowest BCUT2D eigenvalue weighted by molar-refractivity contribution is 0.202. The molecule has 112 valence electrons. The molecule has 1 aromatic carbocycles. The molecule has 1 aliphatic rings. The Hall–Kier alpha value is -1.06. The standard InChI is InChI=1S/C17H28N2O/c1-3-7-16-14-19(12-6-11-18-16)17-9-5-4-8-15(17)10-13-20-2/h4-5,8-9,16,18H,3,6-7,10-14H2,1-2H3. The smallest absolute Gasteiger partial charge is 0.0503 e. The van der Waals surface area contributed by atoms with Crippen LogP contribution in [0.25, 0.3) is 0 Å². The molecule has 1 atom stereocenters. The lowest BCUT2D eigenvalue weighted by Gasteiger charge is -2.28. The minimum atomic E-state index is 0.623. The second-order valence-electron chi connectivity index (χ2n) is 5.61. The predicted octanol–water partition coefficient (Wildman–Crippen LogP) is 2.84. The summed E-state index contributed by atoms with van der Waals surface area (Å²) in [7, 11) is 1.77. The number of hydrogen-bond acceptors (Lipinski definition) is 3. The van der Waals surface area contributed by atoms with Gasteiger partial charge in [0.05, 0.1) is 6.61 Å². The van der Waals surface area contributed by atoms with Crippen LogP contribution in [0.3, 0.4) is 0 Å². The van der Waals surface area contributed by atoms with Gasteiger partial charge in [-0.25, -0.2) is 0 Å². The lowest BCUT2D eigenvalue weighted by atomic mass is 10.1. The first-order valence-corrected chi connectivity index (χ1v) is 7.90. The Bertz CT molecular complexity index is 394. The maximum Gasteiger partial charge on any atom is 0.0503 e. The third-order valence-electron chi connectivity index (χ3n) is 4.02. The largest absolute Gasteiger partial charge is 0.384 e. The van der Waals surface area contributed by atoms with E-state index in [1.54, 1.807) is 7.11 Å². The van der Waals surface area contributed by atoms with Crippen molar-refractivity contribution in [3.8, 4) is 0 Å². The Balaban J connectivity index is 2.11. The summed E-state index contributed by atoms with van der Waals surface area (Å²) in [5, 5.41) is 3.68. The van der Waals surface area contributed by atoms with Gasteiger partial charge in [0.15, 0.2) is 0 Å². The molecule has 2 rings (SSSR count). The highest BCUT2D eigenvalue weighted by Gasteiger charge is 2.18. The Labute approximate surface area is 123 Å². The van der Waals surface area contributed by atoms with Gasteiger partial charge in [-0.1, -0.05) is 31.5 Å². The van der Waals surface area contributed by atoms with E-state index in [0.717, 1.165) is 32.7 Å². The summed E-state index contributed by atoms with van der Waals surface area (Å²) in [6.45, 7) is 6.47. The summed E-state index contributed by atoms with van der Waals surface area (Å²) in [6.07, 6.45) is 4.72. The number of hydrogen-bond donors (Lipinski definition) is 1. The summed E-state index contributed by atoms with van der Waals surface area (Å²) in [6, 6.07) is 9.41. The van der Waals surface area contributed by atoms with Crippen LogP contribution >= 0.6 is 0 Å². The first-order valence-electron chi connectivity index (χ1n) is 7.90. The molecule has 1 fully saturated rings. The molecule has 20 heavy (non-hydrogen) atoms. The van der Waals surface area contributed by atoms with Crippen LogP contribution < -0.4 is 10.2 Å². The van der Waals surface area contributed by atoms with Crippen LogP contribution in [0.5, 0.6) is 0 Å². The van der Waals surface area contributed by atoms with Crippen LogP contribution in [-0.2, 0) is 11.2 Å². The van der Waals surface area contributed by atoms with Crippen LogP contribution in [0, 0.1) is 0 Å². The molecule has 3 heteroatoms. The number of para-hydroxylation sites is 1. The van der Waals surface area contributed by atoms with Crippen LogP contribution in [0.15, 0.2) is 24.3 Å². The van der Waals surface area contributed by atoms with Gasteiger partial charge in [-0.05, 0) is 37.4 Å². The topological polar surface area (TPSA) is 24.5 Å². The number of rotatable bonds is 6. The van der Waals surface area contributed by atoms with E-state index in [1.807, 2.05) is 0 Å². The number of ether oxygens (including phenoxy) is 1. The molecule has 0 amide bonds. The number of nitrogens with one attached hydrogen (secondary N) is 1. The fraction of sp³-hybridized carbons (Fsp3) is 0.647. The Kier molecular flexibility index (Phi) is 6.34. The quantitative estimate of drug-likeness (QED) is 0.864. The van der Waals surface area contributed by atoms with Gasteiger partial charge in [-0.2, -0.15) is 0 Å². The number of nitrogens with zero attached hydrogens (tertiary/aromatic N) is 1. The van der Waals surface area contributed by atoms with Crippen LogP contribution in [-0.4, -0.2) is 39.4 Å². The monoisotopic (exact) mass is 276 g/mol. The second-order valence-corrected chi connectivity index (χ2v) is 5.61. The van der Waals surface area contributed by atoms with Gasteiger partial charge in [-0.3, -0.25) is 0 Å². The molecule has 1 aromatic rings. The van der Waals surface area contributed by atoms with Crippen molar-refractivity contribution < 1.29 is 4.74 Å². The molecule has 0 aliphatic carbocycles. The molecule has 0 saturated carbocycles. The first-order chi connectivity index (χ1) is 9.85. The van der Waals surface area contributed by atoms with Crippen molar-refractivity contribution in [1.82, 2.24) is 5.32 Å². The highest BCUT2D eigenvalue weighted by Crippen LogP contribution is 2.23. The van der Waals surface area contributed by atoms with E-state index in [1.165, 1.54) is 30.5 Å². The van der Waals surface area contributed by atoms with Gasteiger partial charge in [-0.15, -0.1) is 0 Å². The van der Waals surface area contributed by atoms with Gasteiger partial charge < -0.3 is 15.0 Å². The van der Waals surface area contributed by atoms with Gasteiger partial charge >= 0.3 is 0 Å². The predicted molar refractivity (Wildman–Crippen MR) is 85.6 cm³/mol. The van der Waals surface area contributed by atoms with E-state index >= 15 is 0 Å². The molecule has 1 heterocycles. The fourth-order valence-electron chi connectivity index (χ4n) is 3.00. The SMILES string of the molecule is CCCC1CN(c2ccccc2CCOC)CCCN1. The summed E-state index contributed by atoms with van der Waals surface area (Å²) in [5.74, 6) is 0. The summed E-state index contributed by atoms with van der Waals surface area (Å²) in [5.41, 5.74) is 2.81. The number of methoxy groups -OCH3 is 1. The fourth-order valence-corrected chi connectivity index (χ4v) is 3.00. The van der Waals surface area contributed by atoms with Crippen molar-refractivity contribution in [2.24, 2.45) is 0 Å². The molecule has 0 spiro atoms. The van der Waals surface area contributed by atoms with E-state index in [9.17, 15) is 0 Å². The number of anilines is 1. The average molecular weight is 276 g/mol. The molecule has 0 radical (unpaired) electrons. The molecular weight excluding hydrogens is 248 g/mol. The zero-order valence-electron chi connectivity index (χ0n) is 12.9. The van der Waals surface area contributed by atoms with Gasteiger partial charge in [0.1, 0.15) is 0 Å². The van der Waals surface area contributed by atoms with E-state index in [2.05, 4.69) is 41.4 Å². The molecule has 0 aromatic heterocycles. The van der Waals surface area contributed by atoms with Crippen LogP contribution in [0.4, 0.5) is 5.69 Å². The average Bonchev–Trinajstić information content (AvgIpc) is 2.71. The maximum absolute atomic E-state index is 5.24. The van der Waals surface area contributed by atoms with Crippen molar-refractivity contribution in [3.05, 3.63) is 29.8 Å². The Morgan fingerprint density at radius 2 is 2.20 bits per heavy atom. The molecule has 0 bridgehead atoms. The zero-order valence-corrected chi connectivity index (χ0v) is 12.9. The molecule has 1 saturated heterocycles. The van der Waals surface area contributed by atoms with Gasteiger partial charge in [0.2, 0.25) is 0 Å².